The van der Waals surface area contributed by atoms with Gasteiger partial charge in [-0.25, -0.2) is 4.98 Å². The summed E-state index contributed by atoms with van der Waals surface area (Å²) in [4.78, 5) is 4.33. The number of nitrogens with zero attached hydrogens (tertiary/aromatic N) is 2. The van der Waals surface area contributed by atoms with Crippen molar-refractivity contribution >= 4 is 51.2 Å². The largest absolute Gasteiger partial charge is 0.369 e. The molecule has 0 aliphatic carbocycles. The lowest BCUT2D eigenvalue weighted by atomic mass is 10.3. The predicted octanol–water partition coefficient (Wildman–Crippen LogP) is 3.87. The Morgan fingerprint density at radius 1 is 1.11 bits per heavy atom. The number of hydrogen-bond acceptors (Lipinski definition) is 2. The van der Waals surface area contributed by atoms with Crippen molar-refractivity contribution in [3.63, 3.8) is 0 Å². The first-order chi connectivity index (χ1) is 8.65. The second-order valence-electron chi connectivity index (χ2n) is 3.91. The summed E-state index contributed by atoms with van der Waals surface area (Å²) in [5.74, 6) is 0.466. The highest BCUT2D eigenvalue weighted by molar-refractivity contribution is 14.1. The number of hydrogen-bond donors (Lipinski definition) is 1. The van der Waals surface area contributed by atoms with E-state index in [-0.39, 0.29) is 0 Å². The third-order valence-corrected chi connectivity index (χ3v) is 3.68. The van der Waals surface area contributed by atoms with Crippen molar-refractivity contribution < 1.29 is 0 Å². The Labute approximate surface area is 123 Å². The number of anilines is 1. The van der Waals surface area contributed by atoms with Crippen LogP contribution < -0.4 is 5.73 Å². The zero-order chi connectivity index (χ0) is 12.7. The molecule has 2 N–H and O–H groups in total. The molecule has 0 amide bonds. The van der Waals surface area contributed by atoms with Gasteiger partial charge >= 0.3 is 0 Å². The van der Waals surface area contributed by atoms with Crippen molar-refractivity contribution in [2.75, 3.05) is 5.73 Å². The SMILES string of the molecule is Nc1nc2cc(Cl)ccc2n1-c1ccc(I)cc1. The first kappa shape index (κ1) is 11.8. The van der Waals surface area contributed by atoms with Crippen LogP contribution in [0.15, 0.2) is 42.5 Å². The Morgan fingerprint density at radius 3 is 2.56 bits per heavy atom. The molecule has 3 rings (SSSR count). The van der Waals surface area contributed by atoms with Gasteiger partial charge in [-0.2, -0.15) is 0 Å². The van der Waals surface area contributed by atoms with Crippen molar-refractivity contribution in [1.29, 1.82) is 0 Å². The number of nitrogens with two attached hydrogens (primary N) is 1. The van der Waals surface area contributed by atoms with Crippen LogP contribution in [-0.2, 0) is 0 Å². The zero-order valence-electron chi connectivity index (χ0n) is 9.27. The molecule has 0 atom stereocenters. The van der Waals surface area contributed by atoms with Crippen molar-refractivity contribution in [3.05, 3.63) is 51.1 Å². The zero-order valence-corrected chi connectivity index (χ0v) is 12.2. The van der Waals surface area contributed by atoms with Gasteiger partial charge in [0.1, 0.15) is 0 Å². The van der Waals surface area contributed by atoms with E-state index < -0.39 is 0 Å². The van der Waals surface area contributed by atoms with Crippen LogP contribution >= 0.6 is 34.2 Å². The van der Waals surface area contributed by atoms with E-state index in [2.05, 4.69) is 27.6 Å². The molecule has 90 valence electrons. The van der Waals surface area contributed by atoms with Crippen LogP contribution in [0.25, 0.3) is 16.7 Å². The lowest BCUT2D eigenvalue weighted by Gasteiger charge is -2.06. The minimum absolute atomic E-state index is 0.466. The highest BCUT2D eigenvalue weighted by Gasteiger charge is 2.09. The summed E-state index contributed by atoms with van der Waals surface area (Å²) >= 11 is 8.23. The third kappa shape index (κ3) is 1.95. The molecule has 0 radical (unpaired) electrons. The van der Waals surface area contributed by atoms with Crippen LogP contribution in [0.5, 0.6) is 0 Å². The van der Waals surface area contributed by atoms with E-state index in [1.165, 1.54) is 3.57 Å². The maximum atomic E-state index is 5.98. The molecule has 0 saturated heterocycles. The highest BCUT2D eigenvalue weighted by atomic mass is 127. The summed E-state index contributed by atoms with van der Waals surface area (Å²) in [6.45, 7) is 0. The van der Waals surface area contributed by atoms with E-state index in [9.17, 15) is 0 Å². The summed E-state index contributed by atoms with van der Waals surface area (Å²) < 4.78 is 3.10. The standard InChI is InChI=1S/C13H9ClIN3/c14-8-1-6-12-11(7-8)17-13(16)18(12)10-4-2-9(15)3-5-10/h1-7H,(H2,16,17). The minimum Gasteiger partial charge on any atom is -0.369 e. The summed E-state index contributed by atoms with van der Waals surface area (Å²) in [5, 5.41) is 0.662. The van der Waals surface area contributed by atoms with Gasteiger partial charge in [0.05, 0.1) is 11.0 Å². The fraction of sp³-hybridized carbons (Fsp3) is 0. The average Bonchev–Trinajstić information content (AvgIpc) is 2.65. The molecule has 18 heavy (non-hydrogen) atoms. The second-order valence-corrected chi connectivity index (χ2v) is 5.60. The summed E-state index contributed by atoms with van der Waals surface area (Å²) in [7, 11) is 0. The fourth-order valence-corrected chi connectivity index (χ4v) is 2.46. The van der Waals surface area contributed by atoms with Gasteiger partial charge in [0.25, 0.3) is 0 Å². The molecule has 1 heterocycles. The topological polar surface area (TPSA) is 43.8 Å². The Bertz CT molecular complexity index is 719. The molecular weight excluding hydrogens is 361 g/mol. The third-order valence-electron chi connectivity index (χ3n) is 2.73. The van der Waals surface area contributed by atoms with E-state index in [4.69, 9.17) is 17.3 Å². The normalized spacial score (nSPS) is 11.0. The smallest absolute Gasteiger partial charge is 0.205 e. The Kier molecular flexibility index (Phi) is 2.91. The number of benzene rings is 2. The molecule has 0 spiro atoms. The van der Waals surface area contributed by atoms with Crippen molar-refractivity contribution in [2.24, 2.45) is 0 Å². The van der Waals surface area contributed by atoms with Gasteiger partial charge in [-0.05, 0) is 65.1 Å². The van der Waals surface area contributed by atoms with E-state index in [0.717, 1.165) is 16.7 Å². The van der Waals surface area contributed by atoms with Crippen LogP contribution in [0, 0.1) is 3.57 Å². The molecule has 1 aromatic heterocycles. The Balaban J connectivity index is 2.28. The average molecular weight is 370 g/mol. The maximum Gasteiger partial charge on any atom is 0.205 e. The van der Waals surface area contributed by atoms with Gasteiger partial charge < -0.3 is 5.73 Å². The summed E-state index contributed by atoms with van der Waals surface area (Å²) in [5.41, 5.74) is 8.74. The molecule has 3 aromatic rings. The quantitative estimate of drug-likeness (QED) is 0.662. The number of nitrogen functional groups attached to an aromatic ring is 1. The number of halogens is 2. The van der Waals surface area contributed by atoms with E-state index in [0.29, 0.717) is 11.0 Å². The maximum absolute atomic E-state index is 5.98. The molecule has 3 nitrogen and oxygen atoms in total. The van der Waals surface area contributed by atoms with Crippen molar-refractivity contribution in [2.45, 2.75) is 0 Å². The summed E-state index contributed by atoms with van der Waals surface area (Å²) in [6, 6.07) is 13.7. The molecule has 0 bridgehead atoms. The molecule has 5 heteroatoms. The van der Waals surface area contributed by atoms with Gasteiger partial charge in [-0.15, -0.1) is 0 Å². The van der Waals surface area contributed by atoms with E-state index in [1.54, 1.807) is 0 Å². The monoisotopic (exact) mass is 369 g/mol. The molecule has 0 aliphatic rings. The molecule has 0 fully saturated rings. The number of fused-ring (bicyclic) bond motifs is 1. The van der Waals surface area contributed by atoms with Crippen LogP contribution in [0.2, 0.25) is 5.02 Å². The van der Waals surface area contributed by atoms with Gasteiger partial charge in [0.2, 0.25) is 5.95 Å². The molecular formula is C13H9ClIN3. The number of rotatable bonds is 1. The first-order valence-corrected chi connectivity index (χ1v) is 6.80. The fourth-order valence-electron chi connectivity index (χ4n) is 1.93. The number of imidazole rings is 1. The molecule has 2 aromatic carbocycles. The van der Waals surface area contributed by atoms with Gasteiger partial charge in [-0.1, -0.05) is 11.6 Å². The van der Waals surface area contributed by atoms with Gasteiger partial charge in [0.15, 0.2) is 0 Å². The van der Waals surface area contributed by atoms with Crippen LogP contribution in [0.3, 0.4) is 0 Å². The molecule has 0 aliphatic heterocycles. The van der Waals surface area contributed by atoms with Gasteiger partial charge in [0, 0.05) is 14.3 Å². The van der Waals surface area contributed by atoms with Crippen molar-refractivity contribution in [3.8, 4) is 5.69 Å². The van der Waals surface area contributed by atoms with Gasteiger partial charge in [-0.3, -0.25) is 4.57 Å². The Morgan fingerprint density at radius 2 is 1.83 bits per heavy atom. The minimum atomic E-state index is 0.466. The lowest BCUT2D eigenvalue weighted by Crippen LogP contribution is -2.00. The molecule has 0 saturated carbocycles. The Hall–Kier alpha value is -1.27. The predicted molar refractivity (Wildman–Crippen MR) is 83.2 cm³/mol. The van der Waals surface area contributed by atoms with Crippen LogP contribution in [0.1, 0.15) is 0 Å². The first-order valence-electron chi connectivity index (χ1n) is 5.34. The lowest BCUT2D eigenvalue weighted by molar-refractivity contribution is 1.11. The number of aromatic nitrogens is 2. The second kappa shape index (κ2) is 4.44. The van der Waals surface area contributed by atoms with Crippen LogP contribution in [0.4, 0.5) is 5.95 Å². The van der Waals surface area contributed by atoms with Crippen LogP contribution in [-0.4, -0.2) is 9.55 Å². The van der Waals surface area contributed by atoms with Crippen molar-refractivity contribution in [1.82, 2.24) is 9.55 Å². The highest BCUT2D eigenvalue weighted by Crippen LogP contribution is 2.25. The summed E-state index contributed by atoms with van der Waals surface area (Å²) in [6.07, 6.45) is 0. The molecule has 0 unspecified atom stereocenters. The van der Waals surface area contributed by atoms with E-state index >= 15 is 0 Å². The van der Waals surface area contributed by atoms with E-state index in [1.807, 2.05) is 47.0 Å².